The maximum absolute atomic E-state index is 13.7. The minimum atomic E-state index is -1.11. The lowest BCUT2D eigenvalue weighted by Gasteiger charge is -2.52. The summed E-state index contributed by atoms with van der Waals surface area (Å²) in [7, 11) is 0. The van der Waals surface area contributed by atoms with Gasteiger partial charge in [-0.1, -0.05) is 15.9 Å². The Morgan fingerprint density at radius 1 is 1.07 bits per heavy atom. The van der Waals surface area contributed by atoms with Crippen molar-refractivity contribution < 1.29 is 9.58 Å². The van der Waals surface area contributed by atoms with E-state index < -0.39 is 5.72 Å². The Morgan fingerprint density at radius 3 is 2.11 bits per heavy atom. The van der Waals surface area contributed by atoms with Gasteiger partial charge in [0.2, 0.25) is 5.71 Å². The first-order chi connectivity index (χ1) is 12.8. The molecule has 0 saturated carbocycles. The van der Waals surface area contributed by atoms with E-state index in [0.717, 1.165) is 39.7 Å². The topological polar surface area (TPSA) is 38.5 Å². The van der Waals surface area contributed by atoms with Crippen molar-refractivity contribution in [3.63, 3.8) is 0 Å². The van der Waals surface area contributed by atoms with Gasteiger partial charge in [-0.2, -0.15) is 9.80 Å². The third-order valence-corrected chi connectivity index (χ3v) is 7.14. The number of halogens is 2. The van der Waals surface area contributed by atoms with Crippen LogP contribution in [0.1, 0.15) is 72.8 Å². The summed E-state index contributed by atoms with van der Waals surface area (Å²) in [6.45, 7) is 12.9. The van der Waals surface area contributed by atoms with E-state index in [9.17, 15) is 5.21 Å². The summed E-state index contributed by atoms with van der Waals surface area (Å²) < 4.78 is 2.03. The number of benzene rings is 1. The van der Waals surface area contributed by atoms with E-state index in [2.05, 4.69) is 62.5 Å². The minimum absolute atomic E-state index is 0.114. The lowest BCUT2D eigenvalue weighted by Crippen LogP contribution is -2.63. The lowest BCUT2D eigenvalue weighted by molar-refractivity contribution is -0.631. The number of piperidine rings is 1. The lowest BCUT2D eigenvalue weighted by atomic mass is 9.80. The molecule has 1 fully saturated rings. The molecule has 0 spiro atoms. The van der Waals surface area contributed by atoms with Crippen LogP contribution in [0.3, 0.4) is 0 Å². The Labute approximate surface area is 182 Å². The second kappa shape index (κ2) is 7.26. The molecule has 3 rings (SSSR count). The third kappa shape index (κ3) is 3.76. The number of hydroxylamine groups is 3. The first-order valence-corrected chi connectivity index (χ1v) is 11.3. The van der Waals surface area contributed by atoms with E-state index in [1.54, 1.807) is 0 Å². The molecule has 1 saturated heterocycles. The molecule has 1 unspecified atom stereocenters. The van der Waals surface area contributed by atoms with E-state index in [4.69, 9.17) is 16.4 Å². The number of hydrogen-bond acceptors (Lipinski definition) is 3. The van der Waals surface area contributed by atoms with Gasteiger partial charge in [-0.15, -0.1) is 11.6 Å². The SMILES string of the molecule is CC1(C)CC(CCl)(ON2C(C)(C)CCCC2(C)C)[N+]([O-])=C1c1ccc(Br)cc1. The van der Waals surface area contributed by atoms with Crippen LogP contribution >= 0.6 is 27.5 Å². The predicted molar refractivity (Wildman–Crippen MR) is 119 cm³/mol. The molecule has 1 atom stereocenters. The minimum Gasteiger partial charge on any atom is -0.621 e. The van der Waals surface area contributed by atoms with Gasteiger partial charge in [-0.05, 0) is 85.1 Å². The fraction of sp³-hybridized carbons (Fsp3) is 0.682. The van der Waals surface area contributed by atoms with Crippen LogP contribution in [-0.4, -0.2) is 38.2 Å². The number of nitrogens with zero attached hydrogens (tertiary/aromatic N) is 2. The smallest absolute Gasteiger partial charge is 0.308 e. The van der Waals surface area contributed by atoms with Crippen molar-refractivity contribution >= 4 is 33.2 Å². The summed E-state index contributed by atoms with van der Waals surface area (Å²) in [5.41, 5.74) is -0.143. The normalized spacial score (nSPS) is 29.3. The summed E-state index contributed by atoms with van der Waals surface area (Å²) in [4.78, 5) is 6.63. The monoisotopic (exact) mass is 470 g/mol. The van der Waals surface area contributed by atoms with Crippen molar-refractivity contribution in [2.45, 2.75) is 84.0 Å². The zero-order valence-corrected chi connectivity index (χ0v) is 20.2. The van der Waals surface area contributed by atoms with E-state index in [1.165, 1.54) is 0 Å². The molecule has 1 aromatic carbocycles. The summed E-state index contributed by atoms with van der Waals surface area (Å²) >= 11 is 9.93. The molecule has 0 aromatic heterocycles. The molecule has 0 radical (unpaired) electrons. The Bertz CT molecular complexity index is 757. The summed E-state index contributed by atoms with van der Waals surface area (Å²) in [5, 5.41) is 15.7. The number of hydrogen-bond donors (Lipinski definition) is 0. The van der Waals surface area contributed by atoms with E-state index in [1.807, 2.05) is 24.3 Å². The average molecular weight is 472 g/mol. The molecule has 2 aliphatic heterocycles. The van der Waals surface area contributed by atoms with Crippen LogP contribution in [0.4, 0.5) is 0 Å². The van der Waals surface area contributed by atoms with Crippen LogP contribution in [0.15, 0.2) is 28.7 Å². The maximum Gasteiger partial charge on any atom is 0.308 e. The van der Waals surface area contributed by atoms with Gasteiger partial charge in [0.25, 0.3) is 0 Å². The number of alkyl halides is 1. The van der Waals surface area contributed by atoms with Crippen molar-refractivity contribution in [3.8, 4) is 0 Å². The molecule has 2 aliphatic rings. The first-order valence-electron chi connectivity index (χ1n) is 10.0. The second-order valence-corrected chi connectivity index (χ2v) is 11.3. The molecule has 0 N–H and O–H groups in total. The van der Waals surface area contributed by atoms with Gasteiger partial charge in [0.15, 0.2) is 0 Å². The summed E-state index contributed by atoms with van der Waals surface area (Å²) in [6, 6.07) is 7.88. The highest BCUT2D eigenvalue weighted by Gasteiger charge is 2.60. The Morgan fingerprint density at radius 2 is 1.61 bits per heavy atom. The highest BCUT2D eigenvalue weighted by atomic mass is 79.9. The summed E-state index contributed by atoms with van der Waals surface area (Å²) in [5.74, 6) is 0.114. The molecule has 156 valence electrons. The zero-order valence-electron chi connectivity index (χ0n) is 17.8. The van der Waals surface area contributed by atoms with Gasteiger partial charge in [0.1, 0.15) is 5.88 Å². The van der Waals surface area contributed by atoms with E-state index in [-0.39, 0.29) is 22.4 Å². The standard InChI is InChI=1S/C22H32BrClN2O2/c1-19(2)14-22(15-24,25(27)18(19)16-8-10-17(23)11-9-16)28-26-20(3,4)12-7-13-21(26,5)6/h8-11H,7,12-15H2,1-6H3. The fourth-order valence-corrected chi connectivity index (χ4v) is 5.55. The Kier molecular flexibility index (Phi) is 5.72. The Balaban J connectivity index is 2.06. The second-order valence-electron chi connectivity index (χ2n) is 10.2. The molecule has 2 heterocycles. The van der Waals surface area contributed by atoms with Crippen molar-refractivity contribution in [2.75, 3.05) is 5.88 Å². The van der Waals surface area contributed by atoms with Crippen LogP contribution in [0, 0.1) is 10.6 Å². The van der Waals surface area contributed by atoms with Gasteiger partial charge in [0.05, 0.1) is 11.8 Å². The van der Waals surface area contributed by atoms with Gasteiger partial charge < -0.3 is 5.21 Å². The molecular formula is C22H32BrClN2O2. The molecule has 4 nitrogen and oxygen atoms in total. The third-order valence-electron chi connectivity index (χ3n) is 6.20. The molecule has 1 aromatic rings. The van der Waals surface area contributed by atoms with Crippen LogP contribution < -0.4 is 0 Å². The molecule has 28 heavy (non-hydrogen) atoms. The first kappa shape index (κ1) is 22.1. The number of rotatable bonds is 4. The van der Waals surface area contributed by atoms with Gasteiger partial charge in [-0.25, -0.2) is 4.84 Å². The van der Waals surface area contributed by atoms with Gasteiger partial charge in [0, 0.05) is 21.1 Å². The fourth-order valence-electron chi connectivity index (χ4n) is 5.03. The maximum atomic E-state index is 13.7. The largest absolute Gasteiger partial charge is 0.621 e. The predicted octanol–water partition coefficient (Wildman–Crippen LogP) is 6.09. The van der Waals surface area contributed by atoms with Gasteiger partial charge >= 0.3 is 5.72 Å². The Hall–Kier alpha value is -0.620. The van der Waals surface area contributed by atoms with Crippen LogP contribution in [0.2, 0.25) is 0 Å². The molecule has 0 bridgehead atoms. The van der Waals surface area contributed by atoms with Crippen molar-refractivity contribution in [1.82, 2.24) is 5.06 Å². The molecular weight excluding hydrogens is 440 g/mol. The zero-order chi connectivity index (χ0) is 21.0. The van der Waals surface area contributed by atoms with E-state index >= 15 is 0 Å². The van der Waals surface area contributed by atoms with E-state index in [0.29, 0.717) is 6.42 Å². The van der Waals surface area contributed by atoms with Crippen molar-refractivity contribution in [3.05, 3.63) is 39.5 Å². The molecule has 0 aliphatic carbocycles. The van der Waals surface area contributed by atoms with Gasteiger partial charge in [-0.3, -0.25) is 0 Å². The van der Waals surface area contributed by atoms with Crippen LogP contribution in [-0.2, 0) is 4.84 Å². The summed E-state index contributed by atoms with van der Waals surface area (Å²) in [6.07, 6.45) is 3.75. The molecule has 6 heteroatoms. The quantitative estimate of drug-likeness (QED) is 0.303. The van der Waals surface area contributed by atoms with Crippen molar-refractivity contribution in [1.29, 1.82) is 0 Å². The van der Waals surface area contributed by atoms with Crippen LogP contribution in [0.5, 0.6) is 0 Å². The average Bonchev–Trinajstić information content (AvgIpc) is 2.78. The van der Waals surface area contributed by atoms with Crippen LogP contribution in [0.25, 0.3) is 0 Å². The highest BCUT2D eigenvalue weighted by Crippen LogP contribution is 2.46. The van der Waals surface area contributed by atoms with Crippen molar-refractivity contribution in [2.24, 2.45) is 5.41 Å². The highest BCUT2D eigenvalue weighted by molar-refractivity contribution is 9.10. The molecule has 0 amide bonds.